The largest absolute Gasteiger partial charge is 0.389 e. The van der Waals surface area contributed by atoms with Crippen molar-refractivity contribution < 1.29 is 4.74 Å². The Morgan fingerprint density at radius 3 is 3.06 bits per heavy atom. The van der Waals surface area contributed by atoms with Crippen LogP contribution in [-0.2, 0) is 4.74 Å². The van der Waals surface area contributed by atoms with Gasteiger partial charge in [-0.15, -0.1) is 0 Å². The van der Waals surface area contributed by atoms with Gasteiger partial charge in [0.05, 0.1) is 6.10 Å². The number of hydrogen-bond acceptors (Lipinski definition) is 3. The van der Waals surface area contributed by atoms with E-state index in [0.29, 0.717) is 10.0 Å². The fraction of sp³-hybridized carbons (Fsp3) is 0.462. The van der Waals surface area contributed by atoms with Crippen LogP contribution in [0, 0.1) is 0 Å². The van der Waals surface area contributed by atoms with Crippen molar-refractivity contribution >= 4 is 34.5 Å². The van der Waals surface area contributed by atoms with Crippen molar-refractivity contribution in [2.45, 2.75) is 19.4 Å². The lowest BCUT2D eigenvalue weighted by Gasteiger charge is -2.26. The quantitative estimate of drug-likeness (QED) is 0.847. The van der Waals surface area contributed by atoms with Crippen LogP contribution in [0.15, 0.2) is 18.2 Å². The van der Waals surface area contributed by atoms with Crippen LogP contribution >= 0.6 is 23.8 Å². The number of benzene rings is 1. The van der Waals surface area contributed by atoms with Gasteiger partial charge in [-0.3, -0.25) is 0 Å². The fourth-order valence-corrected chi connectivity index (χ4v) is 2.53. The number of rotatable bonds is 2. The first kappa shape index (κ1) is 13.6. The molecule has 1 aliphatic heterocycles. The van der Waals surface area contributed by atoms with Crippen molar-refractivity contribution in [3.05, 3.63) is 28.8 Å². The average Bonchev–Trinajstić information content (AvgIpc) is 2.53. The van der Waals surface area contributed by atoms with E-state index in [4.69, 9.17) is 34.3 Å². The van der Waals surface area contributed by atoms with Crippen LogP contribution in [0.3, 0.4) is 0 Å². The van der Waals surface area contributed by atoms with Crippen molar-refractivity contribution in [2.24, 2.45) is 5.73 Å². The van der Waals surface area contributed by atoms with E-state index in [-0.39, 0.29) is 6.10 Å². The maximum atomic E-state index is 6.00. The first-order valence-corrected chi connectivity index (χ1v) is 6.82. The lowest BCUT2D eigenvalue weighted by atomic mass is 10.1. The molecular weight excluding hydrogens is 268 g/mol. The molecule has 0 saturated carbocycles. The second kappa shape index (κ2) is 5.87. The van der Waals surface area contributed by atoms with E-state index in [1.807, 2.05) is 18.2 Å². The van der Waals surface area contributed by atoms with Crippen molar-refractivity contribution in [3.63, 3.8) is 0 Å². The number of halogens is 1. The Hall–Kier alpha value is -0.840. The highest BCUT2D eigenvalue weighted by Crippen LogP contribution is 2.26. The Bertz CT molecular complexity index is 453. The minimum Gasteiger partial charge on any atom is -0.389 e. The second-order valence-electron chi connectivity index (χ2n) is 4.51. The van der Waals surface area contributed by atoms with Crippen LogP contribution in [-0.4, -0.2) is 30.8 Å². The number of nitrogens with two attached hydrogens (primary N) is 1. The average molecular weight is 285 g/mol. The van der Waals surface area contributed by atoms with E-state index in [0.717, 1.165) is 37.4 Å². The molecule has 18 heavy (non-hydrogen) atoms. The van der Waals surface area contributed by atoms with Gasteiger partial charge < -0.3 is 15.4 Å². The summed E-state index contributed by atoms with van der Waals surface area (Å²) < 4.78 is 5.65. The van der Waals surface area contributed by atoms with Gasteiger partial charge in [0.15, 0.2) is 0 Å². The molecule has 0 bridgehead atoms. The van der Waals surface area contributed by atoms with Crippen molar-refractivity contribution in [3.8, 4) is 0 Å². The molecule has 0 radical (unpaired) electrons. The summed E-state index contributed by atoms with van der Waals surface area (Å²) in [5, 5.41) is 0.653. The Labute approximate surface area is 118 Å². The third-order valence-electron chi connectivity index (χ3n) is 3.02. The molecule has 3 nitrogen and oxygen atoms in total. The van der Waals surface area contributed by atoms with Crippen molar-refractivity contribution in [1.29, 1.82) is 0 Å². The van der Waals surface area contributed by atoms with Crippen LogP contribution in [0.4, 0.5) is 5.69 Å². The summed E-state index contributed by atoms with van der Waals surface area (Å²) in [5.74, 6) is 0. The monoisotopic (exact) mass is 284 g/mol. The number of thiocarbonyl (C=S) groups is 1. The molecule has 0 amide bonds. The molecule has 1 aromatic rings. The summed E-state index contributed by atoms with van der Waals surface area (Å²) in [6.07, 6.45) is 1.21. The number of nitrogens with zero attached hydrogens (tertiary/aromatic N) is 1. The zero-order valence-electron chi connectivity index (χ0n) is 10.4. The molecule has 1 aromatic carbocycles. The summed E-state index contributed by atoms with van der Waals surface area (Å²) in [4.78, 5) is 2.65. The lowest BCUT2D eigenvalue weighted by molar-refractivity contribution is 0.0821. The molecule has 1 saturated heterocycles. The minimum atomic E-state index is 0.211. The van der Waals surface area contributed by atoms with Gasteiger partial charge in [0, 0.05) is 36.0 Å². The smallest absolute Gasteiger partial charge is 0.106 e. The molecule has 0 aliphatic carbocycles. The topological polar surface area (TPSA) is 38.5 Å². The van der Waals surface area contributed by atoms with Gasteiger partial charge in [-0.2, -0.15) is 0 Å². The van der Waals surface area contributed by atoms with Crippen LogP contribution in [0.1, 0.15) is 18.9 Å². The van der Waals surface area contributed by atoms with Crippen LogP contribution in [0.25, 0.3) is 0 Å². The summed E-state index contributed by atoms with van der Waals surface area (Å²) in [6, 6.07) is 5.68. The lowest BCUT2D eigenvalue weighted by Crippen LogP contribution is -2.31. The third-order valence-corrected chi connectivity index (χ3v) is 3.47. The Kier molecular flexibility index (Phi) is 4.43. The van der Waals surface area contributed by atoms with Crippen LogP contribution in [0.5, 0.6) is 0 Å². The highest BCUT2D eigenvalue weighted by Gasteiger charge is 2.18. The zero-order chi connectivity index (χ0) is 13.1. The second-order valence-corrected chi connectivity index (χ2v) is 5.38. The van der Waals surface area contributed by atoms with Gasteiger partial charge in [0.2, 0.25) is 0 Å². The van der Waals surface area contributed by atoms with Crippen molar-refractivity contribution in [1.82, 2.24) is 0 Å². The molecule has 1 atom stereocenters. The summed E-state index contributed by atoms with van der Waals surface area (Å²) >= 11 is 11.1. The van der Waals surface area contributed by atoms with Gasteiger partial charge in [0.25, 0.3) is 0 Å². The number of anilines is 1. The van der Waals surface area contributed by atoms with Crippen LogP contribution in [0.2, 0.25) is 5.02 Å². The number of hydrogen-bond donors (Lipinski definition) is 1. The Morgan fingerprint density at radius 2 is 2.33 bits per heavy atom. The molecule has 5 heteroatoms. The summed E-state index contributed by atoms with van der Waals surface area (Å²) in [6.45, 7) is 4.67. The predicted octanol–water partition coefficient (Wildman–Crippen LogP) is 2.59. The first-order valence-electron chi connectivity index (χ1n) is 6.04. The minimum absolute atomic E-state index is 0.211. The van der Waals surface area contributed by atoms with E-state index >= 15 is 0 Å². The molecule has 1 aliphatic rings. The van der Waals surface area contributed by atoms with Gasteiger partial charge >= 0.3 is 0 Å². The molecule has 1 unspecified atom stereocenters. The molecule has 2 N–H and O–H groups in total. The molecule has 2 rings (SSSR count). The van der Waals surface area contributed by atoms with Gasteiger partial charge in [0.1, 0.15) is 4.99 Å². The highest BCUT2D eigenvalue weighted by molar-refractivity contribution is 7.80. The SMILES string of the molecule is CC1CN(c2ccc(Cl)cc2C(N)=S)CCCO1. The molecule has 1 heterocycles. The van der Waals surface area contributed by atoms with Gasteiger partial charge in [-0.1, -0.05) is 23.8 Å². The van der Waals surface area contributed by atoms with E-state index < -0.39 is 0 Å². The summed E-state index contributed by atoms with van der Waals surface area (Å²) in [7, 11) is 0. The standard InChI is InChI=1S/C13H17ClN2OS/c1-9-8-16(5-2-6-17-9)12-4-3-10(14)7-11(12)13(15)18/h3-4,7,9H,2,5-6,8H2,1H3,(H2,15,18). The third kappa shape index (κ3) is 3.13. The van der Waals surface area contributed by atoms with E-state index in [1.165, 1.54) is 0 Å². The molecule has 0 spiro atoms. The maximum Gasteiger partial charge on any atom is 0.106 e. The predicted molar refractivity (Wildman–Crippen MR) is 79.6 cm³/mol. The normalized spacial score (nSPS) is 20.6. The molecular formula is C13H17ClN2OS. The van der Waals surface area contributed by atoms with Crippen LogP contribution < -0.4 is 10.6 Å². The van der Waals surface area contributed by atoms with E-state index in [2.05, 4.69) is 11.8 Å². The fourth-order valence-electron chi connectivity index (χ4n) is 2.19. The maximum absolute atomic E-state index is 6.00. The zero-order valence-corrected chi connectivity index (χ0v) is 11.9. The molecule has 1 fully saturated rings. The summed E-state index contributed by atoms with van der Waals surface area (Å²) in [5.41, 5.74) is 7.66. The highest BCUT2D eigenvalue weighted by atomic mass is 35.5. The first-order chi connectivity index (χ1) is 8.58. The van der Waals surface area contributed by atoms with E-state index in [1.54, 1.807) is 0 Å². The van der Waals surface area contributed by atoms with Gasteiger partial charge in [-0.05, 0) is 31.5 Å². The molecule has 98 valence electrons. The van der Waals surface area contributed by atoms with E-state index in [9.17, 15) is 0 Å². The Balaban J connectivity index is 2.33. The number of ether oxygens (including phenoxy) is 1. The van der Waals surface area contributed by atoms with Gasteiger partial charge in [-0.25, -0.2) is 0 Å². The Morgan fingerprint density at radius 1 is 1.56 bits per heavy atom. The molecule has 0 aromatic heterocycles. The van der Waals surface area contributed by atoms with Crippen molar-refractivity contribution in [2.75, 3.05) is 24.6 Å².